The topological polar surface area (TPSA) is 53.0 Å². The summed E-state index contributed by atoms with van der Waals surface area (Å²) in [5.41, 5.74) is 0. The Bertz CT molecular complexity index is 193. The van der Waals surface area contributed by atoms with Crippen LogP contribution in [-0.4, -0.2) is 67.4 Å². The number of hydrogen-bond donors (Lipinski definition) is 1. The number of likely N-dealkylation sites (tertiary alicyclic amines) is 1. The summed E-state index contributed by atoms with van der Waals surface area (Å²) >= 11 is 0. The zero-order valence-electron chi connectivity index (χ0n) is 9.31. The van der Waals surface area contributed by atoms with Crippen LogP contribution < -0.4 is 0 Å². The average molecular weight is 216 g/mol. The standard InChI is InChI=1S/C10H20N2O3/c1-15-9-7-12(6-8-13)10(14)11-4-2-3-5-11/h13H,2-9H2,1H3. The number of rotatable bonds is 5. The zero-order valence-corrected chi connectivity index (χ0v) is 9.31. The third-order valence-electron chi connectivity index (χ3n) is 2.58. The number of urea groups is 1. The predicted molar refractivity (Wildman–Crippen MR) is 56.7 cm³/mol. The monoisotopic (exact) mass is 216 g/mol. The third kappa shape index (κ3) is 3.68. The minimum Gasteiger partial charge on any atom is -0.395 e. The van der Waals surface area contributed by atoms with Crippen molar-refractivity contribution in [2.75, 3.05) is 46.5 Å². The van der Waals surface area contributed by atoms with Crippen molar-refractivity contribution in [2.45, 2.75) is 12.8 Å². The lowest BCUT2D eigenvalue weighted by molar-refractivity contribution is 0.119. The number of ether oxygens (including phenoxy) is 1. The summed E-state index contributed by atoms with van der Waals surface area (Å²) in [6.45, 7) is 3.13. The molecule has 15 heavy (non-hydrogen) atoms. The quantitative estimate of drug-likeness (QED) is 0.711. The van der Waals surface area contributed by atoms with Gasteiger partial charge < -0.3 is 19.6 Å². The number of methoxy groups -OCH3 is 1. The lowest BCUT2D eigenvalue weighted by atomic mass is 10.4. The van der Waals surface area contributed by atoms with Gasteiger partial charge in [-0.05, 0) is 12.8 Å². The van der Waals surface area contributed by atoms with Crippen molar-refractivity contribution in [1.82, 2.24) is 9.80 Å². The van der Waals surface area contributed by atoms with Gasteiger partial charge in [0.15, 0.2) is 0 Å². The highest BCUT2D eigenvalue weighted by Crippen LogP contribution is 2.10. The molecule has 88 valence electrons. The van der Waals surface area contributed by atoms with Gasteiger partial charge in [-0.2, -0.15) is 0 Å². The van der Waals surface area contributed by atoms with E-state index < -0.39 is 0 Å². The molecule has 5 nitrogen and oxygen atoms in total. The summed E-state index contributed by atoms with van der Waals surface area (Å²) in [6, 6.07) is 0.0265. The Hall–Kier alpha value is -0.810. The van der Waals surface area contributed by atoms with Crippen molar-refractivity contribution in [3.05, 3.63) is 0 Å². The summed E-state index contributed by atoms with van der Waals surface area (Å²) in [5, 5.41) is 8.87. The molecule has 1 saturated heterocycles. The van der Waals surface area contributed by atoms with E-state index in [-0.39, 0.29) is 12.6 Å². The molecule has 0 aromatic carbocycles. The highest BCUT2D eigenvalue weighted by atomic mass is 16.5. The molecule has 0 bridgehead atoms. The van der Waals surface area contributed by atoms with Crippen LogP contribution in [0.2, 0.25) is 0 Å². The van der Waals surface area contributed by atoms with Crippen molar-refractivity contribution < 1.29 is 14.6 Å². The van der Waals surface area contributed by atoms with Gasteiger partial charge in [-0.15, -0.1) is 0 Å². The molecule has 0 aromatic rings. The first-order valence-electron chi connectivity index (χ1n) is 5.43. The lowest BCUT2D eigenvalue weighted by Gasteiger charge is -2.27. The third-order valence-corrected chi connectivity index (χ3v) is 2.58. The van der Waals surface area contributed by atoms with Gasteiger partial charge in [0.1, 0.15) is 0 Å². The van der Waals surface area contributed by atoms with Crippen molar-refractivity contribution in [3.63, 3.8) is 0 Å². The minimum absolute atomic E-state index is 0.00327. The van der Waals surface area contributed by atoms with Crippen LogP contribution in [-0.2, 0) is 4.74 Å². The Balaban J connectivity index is 2.41. The first kappa shape index (κ1) is 12.3. The summed E-state index contributed by atoms with van der Waals surface area (Å²) < 4.78 is 4.94. The number of aliphatic hydroxyl groups is 1. The number of carbonyl (C=O) groups is 1. The Morgan fingerprint density at radius 3 is 2.60 bits per heavy atom. The molecule has 0 unspecified atom stereocenters. The SMILES string of the molecule is COCCN(CCO)C(=O)N1CCCC1. The molecule has 1 rings (SSSR count). The van der Waals surface area contributed by atoms with E-state index >= 15 is 0 Å². The molecule has 2 amide bonds. The number of aliphatic hydroxyl groups excluding tert-OH is 1. The maximum Gasteiger partial charge on any atom is 0.320 e. The largest absolute Gasteiger partial charge is 0.395 e. The number of amides is 2. The minimum atomic E-state index is 0.00327. The molecule has 1 heterocycles. The van der Waals surface area contributed by atoms with Crippen molar-refractivity contribution >= 4 is 6.03 Å². The van der Waals surface area contributed by atoms with E-state index in [9.17, 15) is 4.79 Å². The number of nitrogens with zero attached hydrogens (tertiary/aromatic N) is 2. The van der Waals surface area contributed by atoms with Crippen LogP contribution in [0.25, 0.3) is 0 Å². The van der Waals surface area contributed by atoms with E-state index in [2.05, 4.69) is 0 Å². The van der Waals surface area contributed by atoms with Crippen LogP contribution in [0, 0.1) is 0 Å². The van der Waals surface area contributed by atoms with Gasteiger partial charge in [0.2, 0.25) is 0 Å². The van der Waals surface area contributed by atoms with Gasteiger partial charge in [0.25, 0.3) is 0 Å². The van der Waals surface area contributed by atoms with Crippen LogP contribution in [0.5, 0.6) is 0 Å². The smallest absolute Gasteiger partial charge is 0.320 e. The molecule has 0 radical (unpaired) electrons. The maximum atomic E-state index is 11.9. The van der Waals surface area contributed by atoms with E-state index in [1.165, 1.54) is 0 Å². The summed E-state index contributed by atoms with van der Waals surface area (Å²) in [6.07, 6.45) is 2.17. The first-order chi connectivity index (χ1) is 7.29. The molecule has 0 atom stereocenters. The van der Waals surface area contributed by atoms with E-state index in [0.717, 1.165) is 25.9 Å². The fraction of sp³-hybridized carbons (Fsp3) is 0.900. The van der Waals surface area contributed by atoms with Crippen molar-refractivity contribution in [3.8, 4) is 0 Å². The molecule has 0 spiro atoms. The second kappa shape index (κ2) is 6.63. The number of carbonyl (C=O) groups excluding carboxylic acids is 1. The molecule has 1 aliphatic heterocycles. The van der Waals surface area contributed by atoms with E-state index in [1.54, 1.807) is 12.0 Å². The number of hydrogen-bond acceptors (Lipinski definition) is 3. The molecular formula is C10H20N2O3. The molecule has 5 heteroatoms. The highest BCUT2D eigenvalue weighted by molar-refractivity contribution is 5.74. The molecule has 1 fully saturated rings. The van der Waals surface area contributed by atoms with Gasteiger partial charge in [-0.1, -0.05) is 0 Å². The molecule has 0 saturated carbocycles. The Morgan fingerprint density at radius 1 is 1.40 bits per heavy atom. The predicted octanol–water partition coefficient (Wildman–Crippen LogP) is 0.143. The van der Waals surface area contributed by atoms with Gasteiger partial charge in [0, 0.05) is 33.3 Å². The Kier molecular flexibility index (Phi) is 5.42. The fourth-order valence-corrected chi connectivity index (χ4v) is 1.73. The maximum absolute atomic E-state index is 11.9. The van der Waals surface area contributed by atoms with Crippen LogP contribution in [0.4, 0.5) is 4.79 Å². The second-order valence-electron chi connectivity index (χ2n) is 3.68. The molecule has 1 aliphatic rings. The van der Waals surface area contributed by atoms with Gasteiger partial charge >= 0.3 is 6.03 Å². The van der Waals surface area contributed by atoms with Crippen LogP contribution >= 0.6 is 0 Å². The van der Waals surface area contributed by atoms with Gasteiger partial charge in [-0.3, -0.25) is 0 Å². The molecule has 1 N–H and O–H groups in total. The Labute approximate surface area is 90.6 Å². The van der Waals surface area contributed by atoms with Gasteiger partial charge in [0.05, 0.1) is 13.2 Å². The summed E-state index contributed by atoms with van der Waals surface area (Å²) in [5.74, 6) is 0. The second-order valence-corrected chi connectivity index (χ2v) is 3.68. The molecule has 0 aromatic heterocycles. The van der Waals surface area contributed by atoms with E-state index in [0.29, 0.717) is 19.7 Å². The summed E-state index contributed by atoms with van der Waals surface area (Å²) in [4.78, 5) is 15.4. The highest BCUT2D eigenvalue weighted by Gasteiger charge is 2.22. The van der Waals surface area contributed by atoms with Crippen LogP contribution in [0.3, 0.4) is 0 Å². The van der Waals surface area contributed by atoms with Crippen LogP contribution in [0.1, 0.15) is 12.8 Å². The van der Waals surface area contributed by atoms with E-state index in [1.807, 2.05) is 4.90 Å². The first-order valence-corrected chi connectivity index (χ1v) is 5.43. The van der Waals surface area contributed by atoms with Crippen LogP contribution in [0.15, 0.2) is 0 Å². The van der Waals surface area contributed by atoms with E-state index in [4.69, 9.17) is 9.84 Å². The molecular weight excluding hydrogens is 196 g/mol. The summed E-state index contributed by atoms with van der Waals surface area (Å²) in [7, 11) is 1.61. The fourth-order valence-electron chi connectivity index (χ4n) is 1.73. The molecule has 0 aliphatic carbocycles. The van der Waals surface area contributed by atoms with Crippen molar-refractivity contribution in [2.24, 2.45) is 0 Å². The van der Waals surface area contributed by atoms with Gasteiger partial charge in [-0.25, -0.2) is 4.79 Å². The lowest BCUT2D eigenvalue weighted by Crippen LogP contribution is -2.44. The zero-order chi connectivity index (χ0) is 11.1. The average Bonchev–Trinajstić information content (AvgIpc) is 2.76. The Morgan fingerprint density at radius 2 is 2.07 bits per heavy atom. The normalized spacial score (nSPS) is 15.7. The van der Waals surface area contributed by atoms with Crippen molar-refractivity contribution in [1.29, 1.82) is 0 Å².